The lowest BCUT2D eigenvalue weighted by atomic mass is 10.1. The number of hydrogen-bond acceptors (Lipinski definition) is 2. The van der Waals surface area contributed by atoms with Gasteiger partial charge in [-0.15, -0.1) is 0 Å². The number of nitrogens with two attached hydrogens (primary N) is 1. The predicted octanol–water partition coefficient (Wildman–Crippen LogP) is 2.45. The fourth-order valence-electron chi connectivity index (χ4n) is 1.19. The van der Waals surface area contributed by atoms with Crippen molar-refractivity contribution in [3.8, 4) is 11.8 Å². The number of benzene rings is 1. The molecule has 2 N–H and O–H groups in total. The van der Waals surface area contributed by atoms with Crippen LogP contribution in [0.5, 0.6) is 0 Å². The molecule has 0 saturated heterocycles. The van der Waals surface area contributed by atoms with Gasteiger partial charge < -0.3 is 10.5 Å². The van der Waals surface area contributed by atoms with E-state index in [9.17, 15) is 4.39 Å². The second kappa shape index (κ2) is 5.81. The topological polar surface area (TPSA) is 35.2 Å². The SMILES string of the molecule is CC(C)(C)OCc1ccc(C#CCN)cc1F. The lowest BCUT2D eigenvalue weighted by Gasteiger charge is -2.19. The van der Waals surface area contributed by atoms with Gasteiger partial charge in [-0.25, -0.2) is 4.39 Å². The molecule has 1 aromatic carbocycles. The third-order valence-electron chi connectivity index (χ3n) is 2.05. The van der Waals surface area contributed by atoms with Crippen molar-refractivity contribution < 1.29 is 9.13 Å². The van der Waals surface area contributed by atoms with Crippen LogP contribution >= 0.6 is 0 Å². The van der Waals surface area contributed by atoms with Crippen LogP contribution in [0, 0.1) is 17.7 Å². The fourth-order valence-corrected chi connectivity index (χ4v) is 1.19. The number of ether oxygens (including phenoxy) is 1. The average Bonchev–Trinajstić information content (AvgIpc) is 2.23. The Morgan fingerprint density at radius 2 is 2.06 bits per heavy atom. The monoisotopic (exact) mass is 235 g/mol. The number of rotatable bonds is 2. The number of halogens is 1. The van der Waals surface area contributed by atoms with Crippen molar-refractivity contribution in [3.05, 3.63) is 35.1 Å². The van der Waals surface area contributed by atoms with Crippen molar-refractivity contribution in [2.75, 3.05) is 6.54 Å². The summed E-state index contributed by atoms with van der Waals surface area (Å²) in [6.07, 6.45) is 0. The van der Waals surface area contributed by atoms with Crippen LogP contribution in [0.2, 0.25) is 0 Å². The minimum Gasteiger partial charge on any atom is -0.371 e. The molecule has 1 aromatic rings. The van der Waals surface area contributed by atoms with E-state index in [4.69, 9.17) is 10.5 Å². The molecule has 92 valence electrons. The van der Waals surface area contributed by atoms with E-state index in [1.165, 1.54) is 6.07 Å². The molecule has 0 aromatic heterocycles. The molecule has 17 heavy (non-hydrogen) atoms. The van der Waals surface area contributed by atoms with Gasteiger partial charge >= 0.3 is 0 Å². The first-order valence-electron chi connectivity index (χ1n) is 5.54. The molecule has 0 aliphatic carbocycles. The normalized spacial score (nSPS) is 10.9. The summed E-state index contributed by atoms with van der Waals surface area (Å²) in [7, 11) is 0. The van der Waals surface area contributed by atoms with Gasteiger partial charge in [0.15, 0.2) is 0 Å². The Bertz CT molecular complexity index is 438. The summed E-state index contributed by atoms with van der Waals surface area (Å²) in [5.74, 6) is 5.18. The predicted molar refractivity (Wildman–Crippen MR) is 66.9 cm³/mol. The molecule has 2 nitrogen and oxygen atoms in total. The molecule has 0 aliphatic heterocycles. The van der Waals surface area contributed by atoms with E-state index in [1.807, 2.05) is 20.8 Å². The highest BCUT2D eigenvalue weighted by Crippen LogP contribution is 2.15. The molecule has 0 radical (unpaired) electrons. The van der Waals surface area contributed by atoms with Gasteiger partial charge in [-0.05, 0) is 32.9 Å². The van der Waals surface area contributed by atoms with Crippen LogP contribution < -0.4 is 5.73 Å². The van der Waals surface area contributed by atoms with Gasteiger partial charge in [-0.3, -0.25) is 0 Å². The molecule has 0 bridgehead atoms. The Morgan fingerprint density at radius 1 is 1.35 bits per heavy atom. The van der Waals surface area contributed by atoms with Gasteiger partial charge in [0.1, 0.15) is 5.82 Å². The average molecular weight is 235 g/mol. The minimum absolute atomic E-state index is 0.264. The van der Waals surface area contributed by atoms with Gasteiger partial charge in [0.25, 0.3) is 0 Å². The van der Waals surface area contributed by atoms with E-state index >= 15 is 0 Å². The largest absolute Gasteiger partial charge is 0.371 e. The Hall–Kier alpha value is -1.37. The fraction of sp³-hybridized carbons (Fsp3) is 0.429. The van der Waals surface area contributed by atoms with Crippen molar-refractivity contribution in [1.29, 1.82) is 0 Å². The second-order valence-corrected chi connectivity index (χ2v) is 4.71. The van der Waals surface area contributed by atoms with Crippen LogP contribution in [-0.2, 0) is 11.3 Å². The third-order valence-corrected chi connectivity index (χ3v) is 2.05. The molecule has 0 amide bonds. The van der Waals surface area contributed by atoms with Crippen molar-refractivity contribution >= 4 is 0 Å². The van der Waals surface area contributed by atoms with Crippen LogP contribution in [0.1, 0.15) is 31.9 Å². The maximum atomic E-state index is 13.7. The Balaban J connectivity index is 2.76. The molecule has 0 spiro atoms. The van der Waals surface area contributed by atoms with E-state index < -0.39 is 0 Å². The van der Waals surface area contributed by atoms with Crippen molar-refractivity contribution in [2.45, 2.75) is 33.0 Å². The first-order chi connectivity index (χ1) is 7.92. The third kappa shape index (κ3) is 4.99. The molecule has 0 aliphatic rings. The van der Waals surface area contributed by atoms with E-state index in [0.29, 0.717) is 11.1 Å². The lowest BCUT2D eigenvalue weighted by molar-refractivity contribution is -0.0161. The van der Waals surface area contributed by atoms with Crippen molar-refractivity contribution in [1.82, 2.24) is 0 Å². The highest BCUT2D eigenvalue weighted by molar-refractivity contribution is 5.37. The van der Waals surface area contributed by atoms with E-state index in [2.05, 4.69) is 11.8 Å². The van der Waals surface area contributed by atoms with Crippen LogP contribution in [-0.4, -0.2) is 12.1 Å². The summed E-state index contributed by atoms with van der Waals surface area (Å²) >= 11 is 0. The molecule has 0 fully saturated rings. The Labute approximate surface area is 102 Å². The minimum atomic E-state index is -0.293. The molecular formula is C14H18FNO. The zero-order chi connectivity index (χ0) is 12.9. The maximum Gasteiger partial charge on any atom is 0.129 e. The van der Waals surface area contributed by atoms with Crippen molar-refractivity contribution in [3.63, 3.8) is 0 Å². The summed E-state index contributed by atoms with van der Waals surface area (Å²) in [5.41, 5.74) is 6.15. The first-order valence-corrected chi connectivity index (χ1v) is 5.54. The maximum absolute atomic E-state index is 13.7. The van der Waals surface area contributed by atoms with Crippen LogP contribution in [0.25, 0.3) is 0 Å². The smallest absolute Gasteiger partial charge is 0.129 e. The summed E-state index contributed by atoms with van der Waals surface area (Å²) in [6, 6.07) is 4.87. The van der Waals surface area contributed by atoms with Crippen LogP contribution in [0.4, 0.5) is 4.39 Å². The van der Waals surface area contributed by atoms with Crippen LogP contribution in [0.15, 0.2) is 18.2 Å². The number of hydrogen-bond donors (Lipinski definition) is 1. The van der Waals surface area contributed by atoms with E-state index in [0.717, 1.165) is 0 Å². The summed E-state index contributed by atoms with van der Waals surface area (Å²) in [6.45, 7) is 6.35. The summed E-state index contributed by atoms with van der Waals surface area (Å²) in [4.78, 5) is 0. The quantitative estimate of drug-likeness (QED) is 0.799. The van der Waals surface area contributed by atoms with E-state index in [-0.39, 0.29) is 24.6 Å². The van der Waals surface area contributed by atoms with Crippen LogP contribution in [0.3, 0.4) is 0 Å². The molecule has 0 unspecified atom stereocenters. The highest BCUT2D eigenvalue weighted by atomic mass is 19.1. The van der Waals surface area contributed by atoms with Gasteiger partial charge in [-0.1, -0.05) is 17.9 Å². The zero-order valence-corrected chi connectivity index (χ0v) is 10.5. The molecule has 3 heteroatoms. The van der Waals surface area contributed by atoms with E-state index in [1.54, 1.807) is 12.1 Å². The molecule has 0 atom stereocenters. The Kier molecular flexibility index (Phi) is 4.68. The highest BCUT2D eigenvalue weighted by Gasteiger charge is 2.12. The Morgan fingerprint density at radius 3 is 2.59 bits per heavy atom. The molecule has 0 heterocycles. The first kappa shape index (κ1) is 13.7. The van der Waals surface area contributed by atoms with Crippen molar-refractivity contribution in [2.24, 2.45) is 5.73 Å². The lowest BCUT2D eigenvalue weighted by Crippen LogP contribution is -2.19. The summed E-state index contributed by atoms with van der Waals surface area (Å²) < 4.78 is 19.2. The van der Waals surface area contributed by atoms with Gasteiger partial charge in [0.2, 0.25) is 0 Å². The van der Waals surface area contributed by atoms with Gasteiger partial charge in [0, 0.05) is 11.1 Å². The van der Waals surface area contributed by atoms with Gasteiger partial charge in [0.05, 0.1) is 18.8 Å². The zero-order valence-electron chi connectivity index (χ0n) is 10.5. The summed E-state index contributed by atoms with van der Waals surface area (Å²) in [5, 5.41) is 0. The second-order valence-electron chi connectivity index (χ2n) is 4.71. The van der Waals surface area contributed by atoms with Gasteiger partial charge in [-0.2, -0.15) is 0 Å². The molecule has 0 saturated carbocycles. The molecule has 1 rings (SSSR count). The standard InChI is InChI=1S/C14H18FNO/c1-14(2,3)17-10-12-7-6-11(5-4-8-16)9-13(12)15/h6-7,9H,8,10,16H2,1-3H3. The molecular weight excluding hydrogens is 217 g/mol.